The molecule has 0 aliphatic heterocycles. The third-order valence-corrected chi connectivity index (χ3v) is 1.46. The van der Waals surface area contributed by atoms with E-state index in [1.807, 2.05) is 21.1 Å². The monoisotopic (exact) mass is 249 g/mol. The van der Waals surface area contributed by atoms with Crippen LogP contribution in [0.1, 0.15) is 13.3 Å². The highest BCUT2D eigenvalue weighted by atomic mass is 16.4. The first kappa shape index (κ1) is 17.9. The van der Waals surface area contributed by atoms with Gasteiger partial charge in [0.25, 0.3) is 0 Å². The van der Waals surface area contributed by atoms with Crippen molar-refractivity contribution in [1.82, 2.24) is 0 Å². The van der Waals surface area contributed by atoms with E-state index in [9.17, 15) is 19.5 Å². The molecule has 17 heavy (non-hydrogen) atoms. The van der Waals surface area contributed by atoms with Gasteiger partial charge in [0.05, 0.1) is 21.1 Å². The van der Waals surface area contributed by atoms with Crippen LogP contribution >= 0.6 is 0 Å². The van der Waals surface area contributed by atoms with Crippen LogP contribution < -0.4 is 5.11 Å². The average molecular weight is 249 g/mol. The van der Waals surface area contributed by atoms with Crippen molar-refractivity contribution in [2.24, 2.45) is 0 Å². The Morgan fingerprint density at radius 2 is 1.59 bits per heavy atom. The summed E-state index contributed by atoms with van der Waals surface area (Å²) >= 11 is 0. The molecule has 0 radical (unpaired) electrons. The summed E-state index contributed by atoms with van der Waals surface area (Å²) in [6.45, 7) is 1.43. The Balaban J connectivity index is 0. The van der Waals surface area contributed by atoms with Gasteiger partial charge in [0.15, 0.2) is 0 Å². The van der Waals surface area contributed by atoms with E-state index in [0.29, 0.717) is 11.0 Å². The van der Waals surface area contributed by atoms with E-state index >= 15 is 0 Å². The van der Waals surface area contributed by atoms with E-state index in [0.717, 1.165) is 6.92 Å². The minimum Gasteiger partial charge on any atom is -0.550 e. The summed E-state index contributed by atoms with van der Waals surface area (Å²) in [6, 6.07) is 0. The van der Waals surface area contributed by atoms with Gasteiger partial charge in [-0.3, -0.25) is 4.79 Å². The normalized spacial score (nSPS) is 12.1. The molecule has 1 unspecified atom stereocenters. The molecule has 7 heteroatoms. The summed E-state index contributed by atoms with van der Waals surface area (Å²) in [5, 5.41) is 26.8. The highest BCUT2D eigenvalue weighted by Gasteiger charge is 2.14. The number of hydrogen-bond acceptors (Lipinski definition) is 5. The van der Waals surface area contributed by atoms with Crippen molar-refractivity contribution >= 4 is 17.7 Å². The average Bonchev–Trinajstić information content (AvgIpc) is 1.98. The zero-order valence-electron chi connectivity index (χ0n) is 10.5. The van der Waals surface area contributed by atoms with Gasteiger partial charge in [-0.05, 0) is 0 Å². The van der Waals surface area contributed by atoms with Crippen molar-refractivity contribution in [2.45, 2.75) is 19.4 Å². The molecule has 0 saturated carbocycles. The topological polar surface area (TPSA) is 115 Å². The number of ketones is 1. The molecule has 2 N–H and O–H groups in total. The lowest BCUT2D eigenvalue weighted by molar-refractivity contribution is -0.873. The molecule has 0 aromatic rings. The van der Waals surface area contributed by atoms with E-state index < -0.39 is 23.8 Å². The molecule has 0 aromatic carbocycles. The third-order valence-electron chi connectivity index (χ3n) is 1.46. The second-order valence-electron chi connectivity index (χ2n) is 4.56. The second kappa shape index (κ2) is 7.75. The molecular formula is C10H19NO6. The number of carbonyl (C=O) groups excluding carboxylic acids is 2. The van der Waals surface area contributed by atoms with Crippen molar-refractivity contribution < 1.29 is 34.2 Å². The van der Waals surface area contributed by atoms with Gasteiger partial charge in [0.1, 0.15) is 12.6 Å². The van der Waals surface area contributed by atoms with Crippen LogP contribution in [0.3, 0.4) is 0 Å². The third kappa shape index (κ3) is 17.2. The van der Waals surface area contributed by atoms with Gasteiger partial charge in [-0.25, -0.2) is 4.79 Å². The van der Waals surface area contributed by atoms with Crippen molar-refractivity contribution in [2.75, 3.05) is 27.7 Å². The fourth-order valence-corrected chi connectivity index (χ4v) is 0.889. The Labute approximate surface area is 99.9 Å². The summed E-state index contributed by atoms with van der Waals surface area (Å²) in [6.07, 6.45) is -1.09. The summed E-state index contributed by atoms with van der Waals surface area (Å²) in [5.41, 5.74) is 0. The molecule has 0 aromatic heterocycles. The molecule has 0 amide bonds. The van der Waals surface area contributed by atoms with E-state index in [2.05, 4.69) is 0 Å². The molecule has 7 nitrogen and oxygen atoms in total. The SMILES string of the molecule is CC(=O)C(=O)O.C[N+](C)(C)CC(O)CC(=O)[O-]. The van der Waals surface area contributed by atoms with Gasteiger partial charge in [0, 0.05) is 19.3 Å². The number of rotatable bonds is 5. The zero-order valence-corrected chi connectivity index (χ0v) is 10.5. The molecule has 0 fully saturated rings. The molecule has 0 saturated heterocycles. The van der Waals surface area contributed by atoms with Gasteiger partial charge in [-0.15, -0.1) is 0 Å². The number of carbonyl (C=O) groups is 3. The predicted octanol–water partition coefficient (Wildman–Crippen LogP) is -2.15. The Bertz CT molecular complexity index is 269. The molecule has 0 aliphatic rings. The quantitative estimate of drug-likeness (QED) is 0.424. The van der Waals surface area contributed by atoms with Crippen molar-refractivity contribution in [3.63, 3.8) is 0 Å². The molecule has 0 heterocycles. The zero-order chi connectivity index (χ0) is 14.2. The smallest absolute Gasteiger partial charge is 0.371 e. The Morgan fingerprint density at radius 3 is 1.76 bits per heavy atom. The van der Waals surface area contributed by atoms with E-state index in [4.69, 9.17) is 10.2 Å². The molecule has 1 atom stereocenters. The minimum atomic E-state index is -1.38. The molecular weight excluding hydrogens is 230 g/mol. The number of Topliss-reactive ketones (excluding diaryl/α,β-unsaturated/α-hetero) is 1. The maximum atomic E-state index is 10.0. The predicted molar refractivity (Wildman–Crippen MR) is 56.8 cm³/mol. The van der Waals surface area contributed by atoms with Crippen LogP contribution in [0.5, 0.6) is 0 Å². The fraction of sp³-hybridized carbons (Fsp3) is 0.700. The van der Waals surface area contributed by atoms with Crippen LogP contribution in [0.25, 0.3) is 0 Å². The minimum absolute atomic E-state index is 0.282. The molecule has 0 bridgehead atoms. The van der Waals surface area contributed by atoms with E-state index in [1.165, 1.54) is 0 Å². The van der Waals surface area contributed by atoms with Crippen LogP contribution in [0.4, 0.5) is 0 Å². The number of aliphatic carboxylic acids is 2. The van der Waals surface area contributed by atoms with Crippen LogP contribution in [0, 0.1) is 0 Å². The highest BCUT2D eigenvalue weighted by molar-refractivity contribution is 6.31. The number of quaternary nitrogens is 1. The maximum absolute atomic E-state index is 10.0. The number of aliphatic hydroxyl groups is 1. The number of nitrogens with zero attached hydrogens (tertiary/aromatic N) is 1. The number of hydrogen-bond donors (Lipinski definition) is 2. The van der Waals surface area contributed by atoms with Gasteiger partial charge < -0.3 is 24.6 Å². The first-order valence-corrected chi connectivity index (χ1v) is 4.88. The number of carboxylic acids is 2. The number of likely N-dealkylation sites (N-methyl/N-ethyl adjacent to an activating group) is 1. The van der Waals surface area contributed by atoms with Crippen LogP contribution in [0.15, 0.2) is 0 Å². The Morgan fingerprint density at radius 1 is 1.24 bits per heavy atom. The van der Waals surface area contributed by atoms with Gasteiger partial charge in [-0.1, -0.05) is 0 Å². The summed E-state index contributed by atoms with van der Waals surface area (Å²) in [7, 11) is 5.66. The molecule has 0 aliphatic carbocycles. The lowest BCUT2D eigenvalue weighted by Crippen LogP contribution is -2.43. The van der Waals surface area contributed by atoms with Crippen LogP contribution in [0.2, 0.25) is 0 Å². The van der Waals surface area contributed by atoms with Crippen molar-refractivity contribution in [3.8, 4) is 0 Å². The highest BCUT2D eigenvalue weighted by Crippen LogP contribution is 1.97. The van der Waals surface area contributed by atoms with Crippen LogP contribution in [-0.4, -0.2) is 66.2 Å². The first-order chi connectivity index (χ1) is 7.45. The molecule has 100 valence electrons. The van der Waals surface area contributed by atoms with Gasteiger partial charge in [-0.2, -0.15) is 0 Å². The summed E-state index contributed by atoms with van der Waals surface area (Å²) in [5.74, 6) is -3.41. The number of carboxylic acid groups (broad SMARTS) is 2. The maximum Gasteiger partial charge on any atom is 0.371 e. The fourth-order valence-electron chi connectivity index (χ4n) is 0.889. The Hall–Kier alpha value is -1.47. The number of aliphatic hydroxyl groups excluding tert-OH is 1. The standard InChI is InChI=1S/C7H15NO3.C3H4O3/c1-8(2,3)5-6(9)4-7(10)11;1-2(4)3(5)6/h6,9H,4-5H2,1-3H3;1H3,(H,5,6). The summed E-state index contributed by atoms with van der Waals surface area (Å²) in [4.78, 5) is 28.9. The van der Waals surface area contributed by atoms with Crippen LogP contribution in [-0.2, 0) is 14.4 Å². The van der Waals surface area contributed by atoms with Crippen molar-refractivity contribution in [3.05, 3.63) is 0 Å². The lowest BCUT2D eigenvalue weighted by atomic mass is 10.2. The summed E-state index contributed by atoms with van der Waals surface area (Å²) < 4.78 is 0.550. The van der Waals surface area contributed by atoms with Crippen molar-refractivity contribution in [1.29, 1.82) is 0 Å². The first-order valence-electron chi connectivity index (χ1n) is 4.88. The molecule has 0 rings (SSSR count). The van der Waals surface area contributed by atoms with E-state index in [1.54, 1.807) is 0 Å². The van der Waals surface area contributed by atoms with Gasteiger partial charge >= 0.3 is 5.97 Å². The lowest BCUT2D eigenvalue weighted by Gasteiger charge is -2.26. The molecule has 0 spiro atoms. The van der Waals surface area contributed by atoms with E-state index in [-0.39, 0.29) is 6.42 Å². The second-order valence-corrected chi connectivity index (χ2v) is 4.56. The largest absolute Gasteiger partial charge is 0.550 e. The Kier molecular flexibility index (Phi) is 8.16. The van der Waals surface area contributed by atoms with Gasteiger partial charge in [0.2, 0.25) is 5.78 Å².